The van der Waals surface area contributed by atoms with E-state index in [1.165, 1.54) is 6.08 Å². The summed E-state index contributed by atoms with van der Waals surface area (Å²) in [5, 5.41) is 4.36. The van der Waals surface area contributed by atoms with Crippen LogP contribution in [-0.4, -0.2) is 15.7 Å². The van der Waals surface area contributed by atoms with Gasteiger partial charge in [-0.15, -0.1) is 0 Å². The van der Waals surface area contributed by atoms with Crippen LogP contribution in [0, 0.1) is 0 Å². The highest BCUT2D eigenvalue weighted by Gasteiger charge is 2.06. The van der Waals surface area contributed by atoms with E-state index >= 15 is 0 Å². The number of ether oxygens (including phenoxy) is 1. The summed E-state index contributed by atoms with van der Waals surface area (Å²) >= 11 is 9.23. The van der Waals surface area contributed by atoms with Gasteiger partial charge < -0.3 is 4.74 Å². The molecule has 0 bridgehead atoms. The number of carbonyl (C=O) groups is 1. The van der Waals surface area contributed by atoms with Crippen molar-refractivity contribution < 1.29 is 9.53 Å². The Morgan fingerprint density at radius 2 is 2.32 bits per heavy atom. The summed E-state index contributed by atoms with van der Waals surface area (Å²) in [5.41, 5.74) is 0.821. The van der Waals surface area contributed by atoms with E-state index in [1.807, 2.05) is 0 Å². The Morgan fingerprint density at radius 3 is 2.95 bits per heavy atom. The topological polar surface area (TPSA) is 44.1 Å². The Hall–Kier alpha value is -1.59. The van der Waals surface area contributed by atoms with Crippen molar-refractivity contribution in [1.82, 2.24) is 9.78 Å². The third-order valence-electron chi connectivity index (χ3n) is 2.24. The number of aryl methyl sites for hydroxylation is 1. The molecule has 0 saturated carbocycles. The van der Waals surface area contributed by atoms with Crippen LogP contribution < -0.4 is 4.74 Å². The average molecular weight is 342 g/mol. The summed E-state index contributed by atoms with van der Waals surface area (Å²) in [4.78, 5) is 11.6. The lowest BCUT2D eigenvalue weighted by Gasteiger charge is -2.03. The number of aromatic nitrogens is 2. The first-order valence-electron chi connectivity index (χ1n) is 5.38. The van der Waals surface area contributed by atoms with Crippen LogP contribution >= 0.6 is 27.5 Å². The Bertz CT molecular complexity index is 637. The zero-order chi connectivity index (χ0) is 13.8. The highest BCUT2D eigenvalue weighted by molar-refractivity contribution is 9.10. The third-order valence-corrected chi connectivity index (χ3v) is 3.03. The minimum atomic E-state index is -0.493. The number of esters is 1. The molecule has 19 heavy (non-hydrogen) atoms. The van der Waals surface area contributed by atoms with Crippen LogP contribution in [0.3, 0.4) is 0 Å². The van der Waals surface area contributed by atoms with Crippen LogP contribution in [0.15, 0.2) is 41.1 Å². The Morgan fingerprint density at radius 1 is 1.53 bits per heavy atom. The lowest BCUT2D eigenvalue weighted by molar-refractivity contribution is -0.128. The van der Waals surface area contributed by atoms with Crippen LogP contribution in [0.2, 0.25) is 5.02 Å². The molecular formula is C13H10BrClN2O2. The standard InChI is InChI=1S/C13H10BrClN2O2/c1-17-8-9(7-16-17)2-5-13(18)19-12-4-3-10(14)6-11(12)15/h2-8H,1H3/b5-2+. The fraction of sp³-hybridized carbons (Fsp3) is 0.0769. The van der Waals surface area contributed by atoms with Gasteiger partial charge in [-0.2, -0.15) is 5.10 Å². The lowest BCUT2D eigenvalue weighted by atomic mass is 10.3. The first kappa shape index (κ1) is 13.8. The van der Waals surface area contributed by atoms with E-state index in [0.717, 1.165) is 10.0 Å². The van der Waals surface area contributed by atoms with E-state index in [-0.39, 0.29) is 0 Å². The third kappa shape index (κ3) is 3.94. The molecule has 0 spiro atoms. The zero-order valence-electron chi connectivity index (χ0n) is 10.0. The molecule has 0 N–H and O–H groups in total. The number of hydrogen-bond donors (Lipinski definition) is 0. The summed E-state index contributed by atoms with van der Waals surface area (Å²) in [7, 11) is 1.80. The lowest BCUT2D eigenvalue weighted by Crippen LogP contribution is -2.03. The number of carbonyl (C=O) groups excluding carboxylic acids is 1. The normalized spacial score (nSPS) is 10.9. The fourth-order valence-corrected chi connectivity index (χ4v) is 2.10. The van der Waals surface area contributed by atoms with Crippen molar-refractivity contribution in [3.8, 4) is 5.75 Å². The van der Waals surface area contributed by atoms with Crippen LogP contribution in [0.1, 0.15) is 5.56 Å². The van der Waals surface area contributed by atoms with E-state index in [4.69, 9.17) is 16.3 Å². The summed E-state index contributed by atoms with van der Waals surface area (Å²) in [6, 6.07) is 5.04. The van der Waals surface area contributed by atoms with Crippen molar-refractivity contribution in [3.05, 3.63) is 51.7 Å². The molecule has 2 rings (SSSR count). The van der Waals surface area contributed by atoms with E-state index in [0.29, 0.717) is 10.8 Å². The first-order valence-corrected chi connectivity index (χ1v) is 6.55. The predicted octanol–water partition coefficient (Wildman–Crippen LogP) is 3.45. The van der Waals surface area contributed by atoms with Gasteiger partial charge in [-0.05, 0) is 24.3 Å². The van der Waals surface area contributed by atoms with E-state index in [9.17, 15) is 4.79 Å². The molecule has 0 aliphatic rings. The van der Waals surface area contributed by atoms with Gasteiger partial charge in [0.2, 0.25) is 0 Å². The smallest absolute Gasteiger partial charge is 0.336 e. The zero-order valence-corrected chi connectivity index (χ0v) is 12.4. The van der Waals surface area contributed by atoms with Gasteiger partial charge in [0.15, 0.2) is 0 Å². The molecule has 2 aromatic rings. The molecule has 0 aliphatic heterocycles. The summed E-state index contributed by atoms with van der Waals surface area (Å²) in [6.45, 7) is 0. The molecule has 0 unspecified atom stereocenters. The minimum Gasteiger partial charge on any atom is -0.422 e. The van der Waals surface area contributed by atoms with Gasteiger partial charge in [0.05, 0.1) is 11.2 Å². The first-order chi connectivity index (χ1) is 9.04. The van der Waals surface area contributed by atoms with E-state index in [2.05, 4.69) is 21.0 Å². The Balaban J connectivity index is 2.03. The number of rotatable bonds is 3. The fourth-order valence-electron chi connectivity index (χ4n) is 1.39. The van der Waals surface area contributed by atoms with Crippen molar-refractivity contribution in [2.75, 3.05) is 0 Å². The largest absolute Gasteiger partial charge is 0.422 e. The molecular weight excluding hydrogens is 332 g/mol. The highest BCUT2D eigenvalue weighted by atomic mass is 79.9. The average Bonchev–Trinajstić information content (AvgIpc) is 2.76. The SMILES string of the molecule is Cn1cc(/C=C/C(=O)Oc2ccc(Br)cc2Cl)cn1. The second-order valence-electron chi connectivity index (χ2n) is 3.78. The summed E-state index contributed by atoms with van der Waals surface area (Å²) in [6.07, 6.45) is 6.39. The van der Waals surface area contributed by atoms with Crippen molar-refractivity contribution in [2.24, 2.45) is 7.05 Å². The molecule has 0 radical (unpaired) electrons. The second kappa shape index (κ2) is 6.04. The molecule has 0 aliphatic carbocycles. The van der Waals surface area contributed by atoms with Crippen molar-refractivity contribution in [1.29, 1.82) is 0 Å². The van der Waals surface area contributed by atoms with Crippen molar-refractivity contribution >= 4 is 39.6 Å². The molecule has 0 fully saturated rings. The molecule has 4 nitrogen and oxygen atoms in total. The van der Waals surface area contributed by atoms with Gasteiger partial charge in [0.25, 0.3) is 0 Å². The molecule has 1 aromatic carbocycles. The van der Waals surface area contributed by atoms with Crippen LogP contribution in [-0.2, 0) is 11.8 Å². The second-order valence-corrected chi connectivity index (χ2v) is 5.10. The predicted molar refractivity (Wildman–Crippen MR) is 77.0 cm³/mol. The van der Waals surface area contributed by atoms with Crippen molar-refractivity contribution in [2.45, 2.75) is 0 Å². The van der Waals surface area contributed by atoms with Gasteiger partial charge in [0.1, 0.15) is 5.75 Å². The van der Waals surface area contributed by atoms with E-state index in [1.54, 1.807) is 48.4 Å². The Labute approximate surface area is 123 Å². The monoisotopic (exact) mass is 340 g/mol. The maximum absolute atomic E-state index is 11.6. The van der Waals surface area contributed by atoms with Gasteiger partial charge >= 0.3 is 5.97 Å². The molecule has 1 heterocycles. The van der Waals surface area contributed by atoms with Crippen LogP contribution in [0.4, 0.5) is 0 Å². The Kier molecular flexibility index (Phi) is 4.39. The molecule has 1 aromatic heterocycles. The van der Waals surface area contributed by atoms with Gasteiger partial charge in [-0.25, -0.2) is 4.79 Å². The van der Waals surface area contributed by atoms with Crippen molar-refractivity contribution in [3.63, 3.8) is 0 Å². The number of hydrogen-bond acceptors (Lipinski definition) is 3. The molecule has 0 saturated heterocycles. The van der Waals surface area contributed by atoms with E-state index < -0.39 is 5.97 Å². The van der Waals surface area contributed by atoms with Gasteiger partial charge in [-0.1, -0.05) is 27.5 Å². The molecule has 6 heteroatoms. The maximum Gasteiger partial charge on any atom is 0.336 e. The quantitative estimate of drug-likeness (QED) is 0.488. The minimum absolute atomic E-state index is 0.325. The maximum atomic E-state index is 11.6. The molecule has 0 amide bonds. The molecule has 98 valence electrons. The van der Waals surface area contributed by atoms with Gasteiger partial charge in [-0.3, -0.25) is 4.68 Å². The number of nitrogens with zero attached hydrogens (tertiary/aromatic N) is 2. The van der Waals surface area contributed by atoms with Crippen LogP contribution in [0.25, 0.3) is 6.08 Å². The molecule has 0 atom stereocenters. The number of halogens is 2. The number of benzene rings is 1. The van der Waals surface area contributed by atoms with Gasteiger partial charge in [0, 0.05) is 29.4 Å². The van der Waals surface area contributed by atoms with Crippen LogP contribution in [0.5, 0.6) is 5.75 Å². The summed E-state index contributed by atoms with van der Waals surface area (Å²) in [5.74, 6) is -0.168. The highest BCUT2D eigenvalue weighted by Crippen LogP contribution is 2.27. The summed E-state index contributed by atoms with van der Waals surface area (Å²) < 4.78 is 7.59.